The molecule has 8 heteroatoms. The number of fused-ring (bicyclic) bond motifs is 1. The summed E-state index contributed by atoms with van der Waals surface area (Å²) in [6, 6.07) is 15.2. The quantitative estimate of drug-likeness (QED) is 0.345. The largest absolute Gasteiger partial charge is 0.493 e. The van der Waals surface area contributed by atoms with Gasteiger partial charge in [-0.3, -0.25) is 14.7 Å². The Balaban J connectivity index is 1.67. The van der Waals surface area contributed by atoms with Crippen molar-refractivity contribution in [3.8, 4) is 17.2 Å². The predicted molar refractivity (Wildman–Crippen MR) is 130 cm³/mol. The van der Waals surface area contributed by atoms with Crippen molar-refractivity contribution in [3.63, 3.8) is 0 Å². The molecule has 168 valence electrons. The van der Waals surface area contributed by atoms with Gasteiger partial charge in [-0.05, 0) is 47.5 Å². The van der Waals surface area contributed by atoms with Crippen LogP contribution in [0.25, 0.3) is 16.3 Å². The molecule has 0 spiro atoms. The summed E-state index contributed by atoms with van der Waals surface area (Å²) >= 11 is 1.47. The van der Waals surface area contributed by atoms with Crippen LogP contribution in [0.3, 0.4) is 0 Å². The van der Waals surface area contributed by atoms with E-state index in [1.54, 1.807) is 56.8 Å². The maximum absolute atomic E-state index is 13.3. The Bertz CT molecular complexity index is 1230. The van der Waals surface area contributed by atoms with Gasteiger partial charge in [-0.2, -0.15) is 0 Å². The highest BCUT2D eigenvalue weighted by molar-refractivity contribution is 7.22. The molecule has 0 unspecified atom stereocenters. The topological polar surface area (TPSA) is 73.8 Å². The van der Waals surface area contributed by atoms with Crippen LogP contribution in [0.4, 0.5) is 5.13 Å². The summed E-state index contributed by atoms with van der Waals surface area (Å²) in [5.74, 6) is 1.33. The van der Waals surface area contributed by atoms with Crippen LogP contribution in [0, 0.1) is 0 Å². The molecule has 4 rings (SSSR count). The SMILES string of the molecule is COc1cc(/C=C/C(=O)N(Cc2cccnc2)c2nc3ccccc3s2)cc(OC)c1OC. The molecule has 0 atom stereocenters. The zero-order chi connectivity index (χ0) is 23.2. The molecule has 2 aromatic heterocycles. The Morgan fingerprint density at radius 3 is 2.42 bits per heavy atom. The molecule has 33 heavy (non-hydrogen) atoms. The molecule has 1 amide bonds. The number of carbonyl (C=O) groups excluding carboxylic acids is 1. The molecule has 0 N–H and O–H groups in total. The van der Waals surface area contributed by atoms with E-state index in [4.69, 9.17) is 14.2 Å². The number of ether oxygens (including phenoxy) is 3. The molecule has 0 bridgehead atoms. The van der Waals surface area contributed by atoms with Crippen LogP contribution in [0.15, 0.2) is 67.0 Å². The van der Waals surface area contributed by atoms with Gasteiger partial charge in [0.25, 0.3) is 5.91 Å². The lowest BCUT2D eigenvalue weighted by Gasteiger charge is -2.18. The van der Waals surface area contributed by atoms with Crippen molar-refractivity contribution in [3.05, 3.63) is 78.1 Å². The number of aromatic nitrogens is 2. The Morgan fingerprint density at radius 2 is 1.79 bits per heavy atom. The van der Waals surface area contributed by atoms with Gasteiger partial charge in [0.15, 0.2) is 16.6 Å². The van der Waals surface area contributed by atoms with Gasteiger partial charge in [-0.15, -0.1) is 0 Å². The number of methoxy groups -OCH3 is 3. The maximum Gasteiger partial charge on any atom is 0.253 e. The molecule has 0 aliphatic rings. The number of para-hydroxylation sites is 1. The van der Waals surface area contributed by atoms with E-state index in [-0.39, 0.29) is 5.91 Å². The Kier molecular flexibility index (Phi) is 6.85. The second-order valence-corrected chi connectivity index (χ2v) is 8.05. The number of benzene rings is 2. The number of hydrogen-bond donors (Lipinski definition) is 0. The highest BCUT2D eigenvalue weighted by Crippen LogP contribution is 2.38. The van der Waals surface area contributed by atoms with Gasteiger partial charge in [-0.1, -0.05) is 29.5 Å². The Hall–Kier alpha value is -3.91. The molecule has 2 aromatic carbocycles. The van der Waals surface area contributed by atoms with Crippen molar-refractivity contribution in [1.29, 1.82) is 0 Å². The van der Waals surface area contributed by atoms with Crippen molar-refractivity contribution in [2.45, 2.75) is 6.54 Å². The molecule has 0 aliphatic heterocycles. The summed E-state index contributed by atoms with van der Waals surface area (Å²) in [4.78, 5) is 23.8. The van der Waals surface area contributed by atoms with Gasteiger partial charge in [0, 0.05) is 18.5 Å². The van der Waals surface area contributed by atoms with E-state index >= 15 is 0 Å². The average Bonchev–Trinajstić information content (AvgIpc) is 3.29. The summed E-state index contributed by atoms with van der Waals surface area (Å²) in [5.41, 5.74) is 2.50. The van der Waals surface area contributed by atoms with Crippen LogP contribution in [-0.2, 0) is 11.3 Å². The first kappa shape index (κ1) is 22.3. The third-order valence-corrected chi connectivity index (χ3v) is 6.01. The standard InChI is InChI=1S/C25H23N3O4S/c1-30-20-13-17(14-21(31-2)24(20)32-3)10-11-23(29)28(16-18-7-6-12-26-15-18)25-27-19-8-4-5-9-22(19)33-25/h4-15H,16H2,1-3H3/b11-10+. The zero-order valence-electron chi connectivity index (χ0n) is 18.5. The monoisotopic (exact) mass is 461 g/mol. The number of hydrogen-bond acceptors (Lipinski definition) is 7. The first-order valence-corrected chi connectivity index (χ1v) is 11.0. The number of carbonyl (C=O) groups is 1. The van der Waals surface area contributed by atoms with E-state index in [0.29, 0.717) is 28.9 Å². The fourth-order valence-electron chi connectivity index (χ4n) is 3.34. The van der Waals surface area contributed by atoms with Gasteiger partial charge < -0.3 is 14.2 Å². The van der Waals surface area contributed by atoms with E-state index in [2.05, 4.69) is 9.97 Å². The average molecular weight is 462 g/mol. The summed E-state index contributed by atoms with van der Waals surface area (Å²) < 4.78 is 17.2. The maximum atomic E-state index is 13.3. The van der Waals surface area contributed by atoms with Crippen LogP contribution >= 0.6 is 11.3 Å². The summed E-state index contributed by atoms with van der Waals surface area (Å²) in [5, 5.41) is 0.625. The lowest BCUT2D eigenvalue weighted by atomic mass is 10.1. The van der Waals surface area contributed by atoms with Crippen LogP contribution in [-0.4, -0.2) is 37.2 Å². The van der Waals surface area contributed by atoms with Crippen molar-refractivity contribution in [1.82, 2.24) is 9.97 Å². The lowest BCUT2D eigenvalue weighted by Crippen LogP contribution is -2.28. The lowest BCUT2D eigenvalue weighted by molar-refractivity contribution is -0.114. The molecule has 0 aliphatic carbocycles. The first-order chi connectivity index (χ1) is 16.1. The third-order valence-electron chi connectivity index (χ3n) is 4.95. The molecular weight excluding hydrogens is 438 g/mol. The Labute approximate surface area is 195 Å². The second kappa shape index (κ2) is 10.1. The summed E-state index contributed by atoms with van der Waals surface area (Å²) in [6.45, 7) is 0.353. The molecule has 0 radical (unpaired) electrons. The fraction of sp³-hybridized carbons (Fsp3) is 0.160. The van der Waals surface area contributed by atoms with E-state index in [1.807, 2.05) is 36.4 Å². The van der Waals surface area contributed by atoms with Crippen LogP contribution in [0.1, 0.15) is 11.1 Å². The van der Waals surface area contributed by atoms with E-state index in [9.17, 15) is 4.79 Å². The number of amides is 1. The van der Waals surface area contributed by atoms with Gasteiger partial charge in [0.2, 0.25) is 5.75 Å². The normalized spacial score (nSPS) is 11.0. The molecule has 0 fully saturated rings. The van der Waals surface area contributed by atoms with Crippen LogP contribution in [0.2, 0.25) is 0 Å². The van der Waals surface area contributed by atoms with Crippen LogP contribution < -0.4 is 19.1 Å². The zero-order valence-corrected chi connectivity index (χ0v) is 19.3. The summed E-state index contributed by atoms with van der Waals surface area (Å²) in [6.07, 6.45) is 6.69. The van der Waals surface area contributed by atoms with E-state index in [1.165, 1.54) is 17.4 Å². The number of thiazole rings is 1. The number of anilines is 1. The number of pyridine rings is 1. The van der Waals surface area contributed by atoms with Crippen molar-refractivity contribution in [2.24, 2.45) is 0 Å². The molecule has 2 heterocycles. The smallest absolute Gasteiger partial charge is 0.253 e. The molecule has 7 nitrogen and oxygen atoms in total. The van der Waals surface area contributed by atoms with E-state index in [0.717, 1.165) is 21.3 Å². The molecule has 0 saturated heterocycles. The highest BCUT2D eigenvalue weighted by Gasteiger charge is 2.19. The Morgan fingerprint density at radius 1 is 1.03 bits per heavy atom. The minimum Gasteiger partial charge on any atom is -0.493 e. The summed E-state index contributed by atoms with van der Waals surface area (Å²) in [7, 11) is 4.66. The first-order valence-electron chi connectivity index (χ1n) is 10.2. The van der Waals surface area contributed by atoms with Gasteiger partial charge in [-0.25, -0.2) is 4.98 Å². The van der Waals surface area contributed by atoms with Crippen LogP contribution in [0.5, 0.6) is 17.2 Å². The third kappa shape index (κ3) is 4.96. The number of nitrogens with zero attached hydrogens (tertiary/aromatic N) is 3. The van der Waals surface area contributed by atoms with Gasteiger partial charge in [0.05, 0.1) is 38.1 Å². The molecular formula is C25H23N3O4S. The minimum atomic E-state index is -0.202. The minimum absolute atomic E-state index is 0.202. The second-order valence-electron chi connectivity index (χ2n) is 7.04. The van der Waals surface area contributed by atoms with Gasteiger partial charge in [0.1, 0.15) is 0 Å². The highest BCUT2D eigenvalue weighted by atomic mass is 32.1. The molecule has 0 saturated carbocycles. The molecule has 4 aromatic rings. The fourth-order valence-corrected chi connectivity index (χ4v) is 4.31. The van der Waals surface area contributed by atoms with Crippen molar-refractivity contribution < 1.29 is 19.0 Å². The predicted octanol–water partition coefficient (Wildman–Crippen LogP) is 4.96. The number of rotatable bonds is 8. The van der Waals surface area contributed by atoms with Gasteiger partial charge >= 0.3 is 0 Å². The van der Waals surface area contributed by atoms with Crippen molar-refractivity contribution in [2.75, 3.05) is 26.2 Å². The van der Waals surface area contributed by atoms with E-state index < -0.39 is 0 Å². The van der Waals surface area contributed by atoms with Crippen molar-refractivity contribution >= 4 is 38.7 Å².